The Labute approximate surface area is 149 Å². The van der Waals surface area contributed by atoms with Gasteiger partial charge in [0.05, 0.1) is 25.2 Å². The molecule has 1 amide bonds. The minimum absolute atomic E-state index is 0.106. The summed E-state index contributed by atoms with van der Waals surface area (Å²) in [5, 5.41) is 0. The van der Waals surface area contributed by atoms with Gasteiger partial charge in [-0.25, -0.2) is 0 Å². The molecule has 5 heteroatoms. The molecule has 25 heavy (non-hydrogen) atoms. The minimum atomic E-state index is -0.591. The highest BCUT2D eigenvalue weighted by Crippen LogP contribution is 2.53. The van der Waals surface area contributed by atoms with Crippen LogP contribution in [0.1, 0.15) is 58.3 Å². The van der Waals surface area contributed by atoms with Crippen LogP contribution in [0.15, 0.2) is 12.2 Å². The fourth-order valence-corrected chi connectivity index (χ4v) is 5.12. The number of ether oxygens (including phenoxy) is 2. The van der Waals surface area contributed by atoms with Gasteiger partial charge in [-0.2, -0.15) is 0 Å². The van der Waals surface area contributed by atoms with Gasteiger partial charge in [0.25, 0.3) is 0 Å². The molecule has 1 aliphatic carbocycles. The molecule has 138 valence electrons. The Morgan fingerprint density at radius 1 is 1.32 bits per heavy atom. The summed E-state index contributed by atoms with van der Waals surface area (Å²) in [4.78, 5) is 27.8. The summed E-state index contributed by atoms with van der Waals surface area (Å²) >= 11 is 0. The highest BCUT2D eigenvalue weighted by atomic mass is 16.6. The molecule has 4 aliphatic rings. The van der Waals surface area contributed by atoms with E-state index in [1.807, 2.05) is 17.1 Å². The van der Waals surface area contributed by atoms with Crippen LogP contribution in [0.5, 0.6) is 0 Å². The smallest absolute Gasteiger partial charge is 0.312 e. The van der Waals surface area contributed by atoms with E-state index in [0.29, 0.717) is 19.2 Å². The lowest BCUT2D eigenvalue weighted by atomic mass is 9.77. The number of fused-ring (bicyclic) bond motifs is 1. The molecule has 0 radical (unpaired) electrons. The molecule has 0 aromatic rings. The van der Waals surface area contributed by atoms with E-state index in [-0.39, 0.29) is 23.9 Å². The van der Waals surface area contributed by atoms with Crippen molar-refractivity contribution in [1.82, 2.24) is 4.90 Å². The zero-order chi connectivity index (χ0) is 17.4. The Balaban J connectivity index is 1.47. The van der Waals surface area contributed by atoms with Crippen LogP contribution in [0.4, 0.5) is 0 Å². The van der Waals surface area contributed by atoms with Gasteiger partial charge < -0.3 is 14.4 Å². The Morgan fingerprint density at radius 3 is 2.88 bits per heavy atom. The lowest BCUT2D eigenvalue weighted by Crippen LogP contribution is -2.42. The van der Waals surface area contributed by atoms with Gasteiger partial charge in [0.2, 0.25) is 5.91 Å². The third-order valence-electron chi connectivity index (χ3n) is 6.41. The number of likely N-dealkylation sites (tertiary alicyclic amines) is 1. The topological polar surface area (TPSA) is 55.8 Å². The Morgan fingerprint density at radius 2 is 2.12 bits per heavy atom. The summed E-state index contributed by atoms with van der Waals surface area (Å²) in [5.41, 5.74) is -0.591. The van der Waals surface area contributed by atoms with Crippen LogP contribution in [0, 0.1) is 11.8 Å². The van der Waals surface area contributed by atoms with Gasteiger partial charge in [-0.3, -0.25) is 9.59 Å². The summed E-state index contributed by atoms with van der Waals surface area (Å²) < 4.78 is 11.7. The second-order valence-corrected chi connectivity index (χ2v) is 8.03. The van der Waals surface area contributed by atoms with E-state index < -0.39 is 11.5 Å². The fraction of sp³-hybridized carbons (Fsp3) is 0.800. The van der Waals surface area contributed by atoms with E-state index in [1.54, 1.807) is 0 Å². The molecule has 3 fully saturated rings. The van der Waals surface area contributed by atoms with Crippen molar-refractivity contribution in [1.29, 1.82) is 0 Å². The van der Waals surface area contributed by atoms with Gasteiger partial charge in [-0.1, -0.05) is 51.2 Å². The monoisotopic (exact) mass is 347 g/mol. The van der Waals surface area contributed by atoms with E-state index in [9.17, 15) is 9.59 Å². The van der Waals surface area contributed by atoms with E-state index in [1.165, 1.54) is 19.3 Å². The van der Waals surface area contributed by atoms with Crippen LogP contribution in [-0.4, -0.2) is 47.7 Å². The lowest BCUT2D eigenvalue weighted by Gasteiger charge is -2.32. The van der Waals surface area contributed by atoms with Gasteiger partial charge >= 0.3 is 5.97 Å². The average molecular weight is 347 g/mol. The number of unbranched alkanes of at least 4 members (excludes halogenated alkanes) is 2. The molecule has 0 unspecified atom stereocenters. The van der Waals surface area contributed by atoms with Crippen molar-refractivity contribution in [3.63, 3.8) is 0 Å². The van der Waals surface area contributed by atoms with Gasteiger partial charge in [0.15, 0.2) is 0 Å². The highest BCUT2D eigenvalue weighted by molar-refractivity contribution is 5.91. The third kappa shape index (κ3) is 2.80. The first-order valence-electron chi connectivity index (χ1n) is 10.0. The second kappa shape index (κ2) is 6.75. The van der Waals surface area contributed by atoms with Gasteiger partial charge in [-0.05, 0) is 19.3 Å². The van der Waals surface area contributed by atoms with Crippen LogP contribution in [-0.2, 0) is 19.1 Å². The maximum atomic E-state index is 13.2. The number of nitrogens with zero attached hydrogens (tertiary/aromatic N) is 1. The van der Waals surface area contributed by atoms with Crippen molar-refractivity contribution < 1.29 is 19.1 Å². The molecule has 4 rings (SSSR count). The average Bonchev–Trinajstić information content (AvgIpc) is 3.28. The van der Waals surface area contributed by atoms with Crippen molar-refractivity contribution in [2.24, 2.45) is 11.8 Å². The number of carbonyl (C=O) groups excluding carboxylic acids is 2. The SMILES string of the molecule is CCCCCOC(=O)[C@@H]1[C@H]2C(=O)N(C3CCCCC3)C[C@]23C=C[C@H]1O3. The Kier molecular flexibility index (Phi) is 4.61. The standard InChI is InChI=1S/C20H29NO4/c1-2-3-7-12-24-19(23)16-15-10-11-20(25-15)13-21(18(22)17(16)20)14-8-5-4-6-9-14/h10-11,14-17H,2-9,12-13H2,1H3/t15-,16+,17+,20-/m1/s1. The predicted octanol–water partition coefficient (Wildman–Crippen LogP) is 2.83. The Bertz CT molecular complexity index is 568. The highest BCUT2D eigenvalue weighted by Gasteiger charge is 2.67. The van der Waals surface area contributed by atoms with E-state index >= 15 is 0 Å². The van der Waals surface area contributed by atoms with Crippen LogP contribution in [0.25, 0.3) is 0 Å². The van der Waals surface area contributed by atoms with Gasteiger partial charge in [-0.15, -0.1) is 0 Å². The number of hydrogen-bond acceptors (Lipinski definition) is 4. The summed E-state index contributed by atoms with van der Waals surface area (Å²) in [5.74, 6) is -0.999. The van der Waals surface area contributed by atoms with Crippen molar-refractivity contribution in [3.8, 4) is 0 Å². The first kappa shape index (κ1) is 17.1. The molecule has 1 spiro atoms. The number of rotatable bonds is 6. The third-order valence-corrected chi connectivity index (χ3v) is 6.41. The molecule has 2 saturated heterocycles. The first-order valence-corrected chi connectivity index (χ1v) is 10.0. The van der Waals surface area contributed by atoms with Crippen LogP contribution in [0.2, 0.25) is 0 Å². The van der Waals surface area contributed by atoms with Crippen LogP contribution in [0.3, 0.4) is 0 Å². The molecular weight excluding hydrogens is 318 g/mol. The number of carbonyl (C=O) groups is 2. The molecule has 0 aromatic carbocycles. The van der Waals surface area contributed by atoms with E-state index in [2.05, 4.69) is 6.92 Å². The molecule has 5 nitrogen and oxygen atoms in total. The quantitative estimate of drug-likeness (QED) is 0.421. The molecule has 3 aliphatic heterocycles. The maximum Gasteiger partial charge on any atom is 0.312 e. The number of amides is 1. The zero-order valence-corrected chi connectivity index (χ0v) is 15.1. The number of esters is 1. The molecule has 2 bridgehead atoms. The van der Waals surface area contributed by atoms with Crippen molar-refractivity contribution in [2.75, 3.05) is 13.2 Å². The van der Waals surface area contributed by atoms with Crippen LogP contribution < -0.4 is 0 Å². The Hall–Kier alpha value is -1.36. The molecule has 4 atom stereocenters. The van der Waals surface area contributed by atoms with Crippen molar-refractivity contribution >= 4 is 11.9 Å². The number of hydrogen-bond donors (Lipinski definition) is 0. The molecule has 0 aromatic heterocycles. The maximum absolute atomic E-state index is 13.2. The second-order valence-electron chi connectivity index (χ2n) is 8.03. The lowest BCUT2D eigenvalue weighted by molar-refractivity contribution is -0.154. The van der Waals surface area contributed by atoms with E-state index in [4.69, 9.17) is 9.47 Å². The minimum Gasteiger partial charge on any atom is -0.465 e. The van der Waals surface area contributed by atoms with Gasteiger partial charge in [0.1, 0.15) is 11.5 Å². The largest absolute Gasteiger partial charge is 0.465 e. The van der Waals surface area contributed by atoms with Gasteiger partial charge in [0, 0.05) is 6.04 Å². The van der Waals surface area contributed by atoms with Crippen molar-refractivity contribution in [2.45, 2.75) is 76.0 Å². The molecular formula is C20H29NO4. The zero-order valence-electron chi connectivity index (χ0n) is 15.1. The molecule has 3 heterocycles. The fourth-order valence-electron chi connectivity index (χ4n) is 5.12. The molecule has 1 saturated carbocycles. The molecule has 0 N–H and O–H groups in total. The summed E-state index contributed by atoms with van der Waals surface area (Å²) in [6, 6.07) is 0.318. The van der Waals surface area contributed by atoms with E-state index in [0.717, 1.165) is 32.1 Å². The summed E-state index contributed by atoms with van der Waals surface area (Å²) in [6.07, 6.45) is 12.5. The summed E-state index contributed by atoms with van der Waals surface area (Å²) in [7, 11) is 0. The van der Waals surface area contributed by atoms with Crippen molar-refractivity contribution in [3.05, 3.63) is 12.2 Å². The van der Waals surface area contributed by atoms with Crippen LogP contribution >= 0.6 is 0 Å². The first-order chi connectivity index (χ1) is 12.2. The summed E-state index contributed by atoms with van der Waals surface area (Å²) in [6.45, 7) is 3.17. The predicted molar refractivity (Wildman–Crippen MR) is 92.8 cm³/mol. The normalized spacial score (nSPS) is 36.9.